The zero-order valence-electron chi connectivity index (χ0n) is 9.39. The molecular weight excluding hydrogens is 222 g/mol. The highest BCUT2D eigenvalue weighted by molar-refractivity contribution is 5.89. The topological polar surface area (TPSA) is 81.8 Å². The fourth-order valence-corrected chi connectivity index (χ4v) is 1.40. The number of anilines is 1. The van der Waals surface area contributed by atoms with E-state index in [2.05, 4.69) is 0 Å². The fourth-order valence-electron chi connectivity index (χ4n) is 1.40. The second-order valence-corrected chi connectivity index (χ2v) is 4.13. The first-order valence-electron chi connectivity index (χ1n) is 5.50. The summed E-state index contributed by atoms with van der Waals surface area (Å²) in [6.45, 7) is 0.794. The minimum Gasteiger partial charge on any atom is -0.478 e. The number of aromatic carboxylic acids is 1. The molecular formula is C12H15NO4. The van der Waals surface area contributed by atoms with Crippen molar-refractivity contribution < 1.29 is 19.4 Å². The van der Waals surface area contributed by atoms with Crippen LogP contribution >= 0.6 is 0 Å². The van der Waals surface area contributed by atoms with Gasteiger partial charge in [0, 0.05) is 0 Å². The van der Waals surface area contributed by atoms with Gasteiger partial charge in [-0.2, -0.15) is 0 Å². The molecule has 0 unspecified atom stereocenters. The van der Waals surface area contributed by atoms with Gasteiger partial charge in [0.2, 0.25) is 0 Å². The molecule has 1 aliphatic rings. The summed E-state index contributed by atoms with van der Waals surface area (Å²) < 4.78 is 10.6. The Balaban J connectivity index is 1.88. The number of benzene rings is 1. The smallest absolute Gasteiger partial charge is 0.335 e. The van der Waals surface area contributed by atoms with Crippen molar-refractivity contribution in [2.45, 2.75) is 12.8 Å². The lowest BCUT2D eigenvalue weighted by Crippen LogP contribution is -2.07. The molecule has 1 fully saturated rings. The highest BCUT2D eigenvalue weighted by atomic mass is 16.7. The summed E-state index contributed by atoms with van der Waals surface area (Å²) in [5.74, 6) is 0.00995. The summed E-state index contributed by atoms with van der Waals surface area (Å²) in [5.41, 5.74) is 6.23. The number of carboxylic acids is 1. The predicted molar refractivity (Wildman–Crippen MR) is 62.0 cm³/mol. The third-order valence-corrected chi connectivity index (χ3v) is 2.61. The maximum Gasteiger partial charge on any atom is 0.335 e. The summed E-state index contributed by atoms with van der Waals surface area (Å²) in [5, 5.41) is 8.83. The molecule has 1 aromatic rings. The van der Waals surface area contributed by atoms with Crippen LogP contribution < -0.4 is 10.5 Å². The molecule has 0 aliphatic heterocycles. The van der Waals surface area contributed by atoms with E-state index in [4.69, 9.17) is 20.3 Å². The van der Waals surface area contributed by atoms with Crippen LogP contribution in [0.5, 0.6) is 5.75 Å². The van der Waals surface area contributed by atoms with E-state index in [1.165, 1.54) is 31.0 Å². The van der Waals surface area contributed by atoms with Gasteiger partial charge in [-0.25, -0.2) is 4.79 Å². The Morgan fingerprint density at radius 3 is 2.88 bits per heavy atom. The average molecular weight is 237 g/mol. The highest BCUT2D eigenvalue weighted by Crippen LogP contribution is 2.29. The van der Waals surface area contributed by atoms with Crippen LogP contribution in [0, 0.1) is 5.92 Å². The van der Waals surface area contributed by atoms with Crippen molar-refractivity contribution in [1.82, 2.24) is 0 Å². The van der Waals surface area contributed by atoms with Crippen molar-refractivity contribution in [3.63, 3.8) is 0 Å². The van der Waals surface area contributed by atoms with Gasteiger partial charge in [-0.1, -0.05) is 0 Å². The minimum absolute atomic E-state index is 0.101. The molecule has 5 nitrogen and oxygen atoms in total. The molecule has 0 radical (unpaired) electrons. The largest absolute Gasteiger partial charge is 0.478 e. The third kappa shape index (κ3) is 3.35. The number of rotatable bonds is 6. The van der Waals surface area contributed by atoms with Gasteiger partial charge in [-0.05, 0) is 37.0 Å². The van der Waals surface area contributed by atoms with E-state index >= 15 is 0 Å². The molecule has 2 rings (SSSR count). The summed E-state index contributed by atoms with van der Waals surface area (Å²) >= 11 is 0. The SMILES string of the molecule is Nc1ccc(C(=O)O)cc1OCOCC1CC1. The quantitative estimate of drug-likeness (QED) is 0.447. The van der Waals surface area contributed by atoms with Crippen LogP contribution in [-0.4, -0.2) is 24.5 Å². The molecule has 0 amide bonds. The normalized spacial score (nSPS) is 14.6. The van der Waals surface area contributed by atoms with Crippen LogP contribution in [0.25, 0.3) is 0 Å². The van der Waals surface area contributed by atoms with Crippen molar-refractivity contribution in [2.75, 3.05) is 19.1 Å². The summed E-state index contributed by atoms with van der Waals surface area (Å²) in [6, 6.07) is 4.35. The van der Waals surface area contributed by atoms with Crippen molar-refractivity contribution in [3.05, 3.63) is 23.8 Å². The van der Waals surface area contributed by atoms with E-state index in [1.54, 1.807) is 0 Å². The van der Waals surface area contributed by atoms with Crippen molar-refractivity contribution in [3.8, 4) is 5.75 Å². The molecule has 0 bridgehead atoms. The number of hydrogen-bond acceptors (Lipinski definition) is 4. The van der Waals surface area contributed by atoms with Crippen molar-refractivity contribution in [2.24, 2.45) is 5.92 Å². The molecule has 17 heavy (non-hydrogen) atoms. The first-order valence-corrected chi connectivity index (χ1v) is 5.50. The number of carboxylic acid groups (broad SMARTS) is 1. The molecule has 0 aromatic heterocycles. The first-order chi connectivity index (χ1) is 8.16. The molecule has 92 valence electrons. The number of nitrogen functional groups attached to an aromatic ring is 1. The van der Waals surface area contributed by atoms with Gasteiger partial charge in [0.1, 0.15) is 5.75 Å². The predicted octanol–water partition coefficient (Wildman–Crippen LogP) is 1.73. The van der Waals surface area contributed by atoms with Gasteiger partial charge in [0.25, 0.3) is 0 Å². The molecule has 0 spiro atoms. The Hall–Kier alpha value is -1.75. The lowest BCUT2D eigenvalue weighted by atomic mass is 10.2. The molecule has 3 N–H and O–H groups in total. The Morgan fingerprint density at radius 1 is 1.47 bits per heavy atom. The number of ether oxygens (including phenoxy) is 2. The van der Waals surface area contributed by atoms with Crippen LogP contribution in [0.2, 0.25) is 0 Å². The van der Waals surface area contributed by atoms with Gasteiger partial charge in [0.15, 0.2) is 6.79 Å². The van der Waals surface area contributed by atoms with Crippen LogP contribution in [0.15, 0.2) is 18.2 Å². The monoisotopic (exact) mass is 237 g/mol. The molecule has 1 saturated carbocycles. The average Bonchev–Trinajstić information content (AvgIpc) is 3.10. The number of nitrogens with two attached hydrogens (primary N) is 1. The first kappa shape index (κ1) is 11.7. The van der Waals surface area contributed by atoms with Gasteiger partial charge in [-0.15, -0.1) is 0 Å². The minimum atomic E-state index is -1.01. The zero-order valence-corrected chi connectivity index (χ0v) is 9.39. The van der Waals surface area contributed by atoms with Crippen LogP contribution in [0.4, 0.5) is 5.69 Å². The van der Waals surface area contributed by atoms with Crippen molar-refractivity contribution >= 4 is 11.7 Å². The van der Waals surface area contributed by atoms with Crippen molar-refractivity contribution in [1.29, 1.82) is 0 Å². The summed E-state index contributed by atoms with van der Waals surface area (Å²) in [4.78, 5) is 10.8. The molecule has 0 saturated heterocycles. The maximum absolute atomic E-state index is 10.8. The van der Waals surface area contributed by atoms with E-state index in [0.717, 1.165) is 0 Å². The van der Waals surface area contributed by atoms with Gasteiger partial charge < -0.3 is 20.3 Å². The maximum atomic E-state index is 10.8. The Labute approximate surface area is 99.1 Å². The molecule has 1 aliphatic carbocycles. The van der Waals surface area contributed by atoms with Gasteiger partial charge in [0.05, 0.1) is 17.9 Å². The van der Waals surface area contributed by atoms with Crippen LogP contribution in [0.3, 0.4) is 0 Å². The van der Waals surface area contributed by atoms with E-state index in [-0.39, 0.29) is 12.4 Å². The standard InChI is InChI=1S/C12H15NO4/c13-10-4-3-9(12(14)15)5-11(10)17-7-16-6-8-1-2-8/h3-5,8H,1-2,6-7,13H2,(H,14,15). The van der Waals surface area contributed by atoms with Gasteiger partial charge in [-0.3, -0.25) is 0 Å². The van der Waals surface area contributed by atoms with E-state index in [1.807, 2.05) is 0 Å². The Bertz CT molecular complexity index is 415. The summed E-state index contributed by atoms with van der Waals surface area (Å²) in [7, 11) is 0. The molecule has 0 atom stereocenters. The second-order valence-electron chi connectivity index (χ2n) is 4.13. The number of hydrogen-bond donors (Lipinski definition) is 2. The molecule has 5 heteroatoms. The Morgan fingerprint density at radius 2 is 2.24 bits per heavy atom. The van der Waals surface area contributed by atoms with E-state index in [0.29, 0.717) is 24.0 Å². The Kier molecular flexibility index (Phi) is 3.49. The zero-order chi connectivity index (χ0) is 12.3. The van der Waals surface area contributed by atoms with E-state index in [9.17, 15) is 4.79 Å². The number of carbonyl (C=O) groups is 1. The van der Waals surface area contributed by atoms with E-state index < -0.39 is 5.97 Å². The van der Waals surface area contributed by atoms with Crippen LogP contribution in [-0.2, 0) is 4.74 Å². The van der Waals surface area contributed by atoms with Crippen LogP contribution in [0.1, 0.15) is 23.2 Å². The third-order valence-electron chi connectivity index (χ3n) is 2.61. The molecule has 1 aromatic carbocycles. The summed E-state index contributed by atoms with van der Waals surface area (Å²) in [6.07, 6.45) is 2.44. The lowest BCUT2D eigenvalue weighted by Gasteiger charge is -2.09. The fraction of sp³-hybridized carbons (Fsp3) is 0.417. The highest BCUT2D eigenvalue weighted by Gasteiger charge is 2.21. The molecule has 0 heterocycles. The lowest BCUT2D eigenvalue weighted by molar-refractivity contribution is 0.0103. The van der Waals surface area contributed by atoms with Gasteiger partial charge >= 0.3 is 5.97 Å². The second kappa shape index (κ2) is 5.05.